The topological polar surface area (TPSA) is 53.0 Å². The molecule has 28 heavy (non-hydrogen) atoms. The zero-order valence-electron chi connectivity index (χ0n) is 16.0. The van der Waals surface area contributed by atoms with Gasteiger partial charge in [-0.3, -0.25) is 0 Å². The van der Waals surface area contributed by atoms with Crippen LogP contribution in [0.1, 0.15) is 11.1 Å². The van der Waals surface area contributed by atoms with Gasteiger partial charge in [0, 0.05) is 31.4 Å². The maximum absolute atomic E-state index is 6.07. The first kappa shape index (κ1) is 17.7. The Kier molecular flexibility index (Phi) is 4.76. The predicted molar refractivity (Wildman–Crippen MR) is 104 cm³/mol. The minimum Gasteiger partial charge on any atom is -0.439 e. The molecule has 0 aliphatic heterocycles. The molecule has 0 fully saturated rings. The molecule has 0 unspecified atom stereocenters. The Morgan fingerprint density at radius 3 is 2.36 bits per heavy atom. The van der Waals surface area contributed by atoms with Crippen molar-refractivity contribution in [2.45, 2.75) is 13.8 Å². The molecule has 0 saturated heterocycles. The fraction of sp³-hybridized carbons (Fsp3) is 0.136. The number of nitrogens with zero attached hydrogens (tertiary/aromatic N) is 4. The molecule has 6 heteroatoms. The summed E-state index contributed by atoms with van der Waals surface area (Å²) in [6, 6.07) is 15.1. The van der Waals surface area contributed by atoms with Crippen LogP contribution in [0.4, 0.5) is 0 Å². The van der Waals surface area contributed by atoms with Crippen LogP contribution in [0.2, 0.25) is 0 Å². The highest BCUT2D eigenvalue weighted by Gasteiger charge is 2.12. The van der Waals surface area contributed by atoms with Gasteiger partial charge in [0.05, 0.1) is 0 Å². The van der Waals surface area contributed by atoms with Gasteiger partial charge in [-0.05, 0) is 55.6 Å². The molecule has 0 N–H and O–H groups in total. The first-order valence-electron chi connectivity index (χ1n) is 8.90. The van der Waals surface area contributed by atoms with Gasteiger partial charge in [-0.1, -0.05) is 12.1 Å². The summed E-state index contributed by atoms with van der Waals surface area (Å²) < 4.78 is 15.6. The number of aromatic nitrogens is 4. The highest BCUT2D eigenvalue weighted by Crippen LogP contribution is 2.33. The lowest BCUT2D eigenvalue weighted by atomic mass is 10.1. The van der Waals surface area contributed by atoms with Gasteiger partial charge in [-0.2, -0.15) is 0 Å². The number of aryl methyl sites for hydroxylation is 3. The Balaban J connectivity index is 1.62. The fourth-order valence-electron chi connectivity index (χ4n) is 2.79. The van der Waals surface area contributed by atoms with E-state index in [1.807, 2.05) is 91.0 Å². The summed E-state index contributed by atoms with van der Waals surface area (Å²) in [6.07, 6.45) is 8.62. The van der Waals surface area contributed by atoms with E-state index < -0.39 is 0 Å². The molecule has 0 aliphatic rings. The molecular formula is C22H20N4O2. The summed E-state index contributed by atoms with van der Waals surface area (Å²) in [5.41, 5.74) is 2.00. The molecule has 0 aliphatic carbocycles. The zero-order chi connectivity index (χ0) is 19.5. The number of ether oxygens (including phenoxy) is 2. The van der Waals surface area contributed by atoms with E-state index >= 15 is 0 Å². The van der Waals surface area contributed by atoms with Crippen LogP contribution < -0.4 is 14.0 Å². The second-order valence-electron chi connectivity index (χ2n) is 6.47. The first-order chi connectivity index (χ1) is 13.6. The van der Waals surface area contributed by atoms with Gasteiger partial charge in [0.15, 0.2) is 12.1 Å². The fourth-order valence-corrected chi connectivity index (χ4v) is 2.79. The molecular weight excluding hydrogens is 352 g/mol. The van der Waals surface area contributed by atoms with Gasteiger partial charge in [-0.15, -0.1) is 4.98 Å². The molecule has 6 nitrogen and oxygen atoms in total. The molecule has 4 rings (SSSR count). The minimum atomic E-state index is 0.498. The number of hydrogen-bond donors (Lipinski definition) is 0. The molecule has 140 valence electrons. The molecule has 0 bridgehead atoms. The third-order valence-electron chi connectivity index (χ3n) is 4.20. The SMILES string of the molecule is Cc1cc(C)c(Oc2cccc(-[n+]3[c-]n(C)cc3)n2)cc1Oc1ccccn1. The number of pyridine rings is 2. The van der Waals surface area contributed by atoms with E-state index in [-0.39, 0.29) is 0 Å². The summed E-state index contributed by atoms with van der Waals surface area (Å²) >= 11 is 0. The molecule has 0 amide bonds. The average Bonchev–Trinajstić information content (AvgIpc) is 3.13. The van der Waals surface area contributed by atoms with E-state index in [2.05, 4.69) is 16.3 Å². The summed E-state index contributed by atoms with van der Waals surface area (Å²) in [7, 11) is 1.91. The predicted octanol–water partition coefficient (Wildman–Crippen LogP) is 4.09. The van der Waals surface area contributed by atoms with Crippen molar-refractivity contribution in [3.63, 3.8) is 0 Å². The largest absolute Gasteiger partial charge is 0.439 e. The zero-order valence-corrected chi connectivity index (χ0v) is 16.0. The second-order valence-corrected chi connectivity index (χ2v) is 6.47. The average molecular weight is 372 g/mol. The van der Waals surface area contributed by atoms with Crippen LogP contribution in [-0.2, 0) is 7.05 Å². The van der Waals surface area contributed by atoms with E-state index in [9.17, 15) is 0 Å². The van der Waals surface area contributed by atoms with Crippen LogP contribution in [0, 0.1) is 20.2 Å². The van der Waals surface area contributed by atoms with E-state index in [1.165, 1.54) is 0 Å². The normalized spacial score (nSPS) is 10.7. The van der Waals surface area contributed by atoms with Crippen LogP contribution in [0.15, 0.2) is 67.1 Å². The maximum atomic E-state index is 6.07. The molecule has 0 atom stereocenters. The van der Waals surface area contributed by atoms with Crippen molar-refractivity contribution < 1.29 is 14.0 Å². The van der Waals surface area contributed by atoms with Crippen molar-refractivity contribution in [3.8, 4) is 29.1 Å². The van der Waals surface area contributed by atoms with Crippen molar-refractivity contribution in [1.29, 1.82) is 0 Å². The van der Waals surface area contributed by atoms with Crippen molar-refractivity contribution in [3.05, 3.63) is 84.6 Å². The molecule has 1 aromatic carbocycles. The van der Waals surface area contributed by atoms with E-state index in [4.69, 9.17) is 9.47 Å². The Morgan fingerprint density at radius 2 is 1.68 bits per heavy atom. The maximum Gasteiger partial charge on any atom is 0.285 e. The summed E-state index contributed by atoms with van der Waals surface area (Å²) in [6.45, 7) is 3.99. The van der Waals surface area contributed by atoms with Gasteiger partial charge < -0.3 is 18.6 Å². The third-order valence-corrected chi connectivity index (χ3v) is 4.20. The van der Waals surface area contributed by atoms with Crippen LogP contribution in [0.25, 0.3) is 5.82 Å². The monoisotopic (exact) mass is 372 g/mol. The second kappa shape index (κ2) is 7.52. The first-order valence-corrected chi connectivity index (χ1v) is 8.90. The van der Waals surface area contributed by atoms with E-state index in [1.54, 1.807) is 6.20 Å². The lowest BCUT2D eigenvalue weighted by Crippen LogP contribution is -2.29. The summed E-state index contributed by atoms with van der Waals surface area (Å²) in [4.78, 5) is 8.79. The van der Waals surface area contributed by atoms with Gasteiger partial charge in [0.1, 0.15) is 11.5 Å². The molecule has 3 heterocycles. The molecule has 0 radical (unpaired) electrons. The quantitative estimate of drug-likeness (QED) is 0.391. The van der Waals surface area contributed by atoms with Gasteiger partial charge in [-0.25, -0.2) is 4.98 Å². The van der Waals surface area contributed by atoms with Crippen LogP contribution in [0.3, 0.4) is 0 Å². The highest BCUT2D eigenvalue weighted by atomic mass is 16.5. The van der Waals surface area contributed by atoms with Gasteiger partial charge in [0.25, 0.3) is 5.88 Å². The van der Waals surface area contributed by atoms with Crippen molar-refractivity contribution in [2.75, 3.05) is 0 Å². The lowest BCUT2D eigenvalue weighted by molar-refractivity contribution is -0.603. The lowest BCUT2D eigenvalue weighted by Gasteiger charge is -2.13. The molecule has 0 spiro atoms. The van der Waals surface area contributed by atoms with Gasteiger partial charge >= 0.3 is 0 Å². The number of benzene rings is 1. The Morgan fingerprint density at radius 1 is 0.929 bits per heavy atom. The van der Waals surface area contributed by atoms with Crippen LogP contribution >= 0.6 is 0 Å². The number of rotatable bonds is 5. The summed E-state index contributed by atoms with van der Waals surface area (Å²) in [5.74, 6) is 3.15. The number of hydrogen-bond acceptors (Lipinski definition) is 4. The minimum absolute atomic E-state index is 0.498. The Bertz CT molecular complexity index is 1110. The van der Waals surface area contributed by atoms with E-state index in [0.29, 0.717) is 23.3 Å². The van der Waals surface area contributed by atoms with Crippen molar-refractivity contribution >= 4 is 0 Å². The molecule has 3 aromatic heterocycles. The standard InChI is InChI=1S/C22H20N4O2/c1-16-13-17(2)19(14-18(16)27-21-8-4-5-10-23-21)28-22-9-6-7-20(24-22)26-12-11-25(3)15-26/h4-14H,1-3H3. The van der Waals surface area contributed by atoms with Crippen LogP contribution in [0.5, 0.6) is 23.3 Å². The van der Waals surface area contributed by atoms with Crippen LogP contribution in [-0.4, -0.2) is 14.5 Å². The molecule has 4 aromatic rings. The Hall–Kier alpha value is -3.67. The van der Waals surface area contributed by atoms with Gasteiger partial charge in [0.2, 0.25) is 5.88 Å². The third kappa shape index (κ3) is 3.86. The highest BCUT2D eigenvalue weighted by molar-refractivity contribution is 5.47. The Labute approximate surface area is 163 Å². The van der Waals surface area contributed by atoms with Crippen molar-refractivity contribution in [2.24, 2.45) is 7.05 Å². The summed E-state index contributed by atoms with van der Waals surface area (Å²) in [5, 5.41) is 0. The smallest absolute Gasteiger partial charge is 0.285 e. The van der Waals surface area contributed by atoms with E-state index in [0.717, 1.165) is 16.9 Å². The number of imidazole rings is 1. The molecule has 0 saturated carbocycles. The van der Waals surface area contributed by atoms with Crippen molar-refractivity contribution in [1.82, 2.24) is 14.5 Å².